The third-order valence-electron chi connectivity index (χ3n) is 8.24. The van der Waals surface area contributed by atoms with Gasteiger partial charge in [-0.05, 0) is 83.9 Å². The average Bonchev–Trinajstić information content (AvgIpc) is 3.50. The molecule has 0 saturated heterocycles. The van der Waals surface area contributed by atoms with Gasteiger partial charge in [0.2, 0.25) is 0 Å². The van der Waals surface area contributed by atoms with E-state index in [1.54, 1.807) is 0 Å². The largest absolute Gasteiger partial charge is 0.299 e. The van der Waals surface area contributed by atoms with Gasteiger partial charge in [-0.2, -0.15) is 0 Å². The van der Waals surface area contributed by atoms with E-state index in [4.69, 9.17) is 4.98 Å². The van der Waals surface area contributed by atoms with Crippen LogP contribution in [-0.4, -0.2) is 9.55 Å². The van der Waals surface area contributed by atoms with Gasteiger partial charge in [-0.15, -0.1) is 0 Å². The molecule has 2 heteroatoms. The lowest BCUT2D eigenvalue weighted by Crippen LogP contribution is -2.12. The quantitative estimate of drug-likeness (QED) is 0.158. The maximum atomic E-state index is 4.88. The molecule has 0 bridgehead atoms. The number of nitrogens with zero attached hydrogens (tertiary/aromatic N) is 2. The minimum Gasteiger partial charge on any atom is -0.299 e. The van der Waals surface area contributed by atoms with Crippen LogP contribution >= 0.6 is 0 Å². The summed E-state index contributed by atoms with van der Waals surface area (Å²) in [5.41, 5.74) is 9.39. The Hall–Kier alpha value is -3.91. The van der Waals surface area contributed by atoms with Crippen molar-refractivity contribution in [3.05, 3.63) is 132 Å². The van der Waals surface area contributed by atoms with Crippen LogP contribution in [0.25, 0.3) is 28.2 Å². The lowest BCUT2D eigenvalue weighted by Gasteiger charge is -2.27. The molecule has 2 nitrogen and oxygen atoms in total. The third kappa shape index (κ3) is 6.28. The lowest BCUT2D eigenvalue weighted by atomic mass is 9.82. The number of benzene rings is 4. The highest BCUT2D eigenvalue weighted by Crippen LogP contribution is 2.41. The maximum absolute atomic E-state index is 4.88. The van der Waals surface area contributed by atoms with Gasteiger partial charge in [0, 0.05) is 18.0 Å². The zero-order valence-corrected chi connectivity index (χ0v) is 24.3. The number of rotatable bonds is 12. The molecular formula is C38H42N2. The number of hydrogen-bond donors (Lipinski definition) is 0. The summed E-state index contributed by atoms with van der Waals surface area (Å²) in [6.45, 7) is 7.05. The molecule has 0 aliphatic carbocycles. The monoisotopic (exact) mass is 526 g/mol. The summed E-state index contributed by atoms with van der Waals surface area (Å²) in [7, 11) is 0. The molecule has 0 radical (unpaired) electrons. The summed E-state index contributed by atoms with van der Waals surface area (Å²) in [6.07, 6.45) is 11.0. The van der Waals surface area contributed by atoms with Crippen LogP contribution in [0.4, 0.5) is 0 Å². The number of aromatic nitrogens is 2. The Morgan fingerprint density at radius 2 is 1.32 bits per heavy atom. The first-order valence-corrected chi connectivity index (χ1v) is 15.1. The summed E-state index contributed by atoms with van der Waals surface area (Å²) in [5.74, 6) is 1.91. The fourth-order valence-electron chi connectivity index (χ4n) is 6.09. The summed E-state index contributed by atoms with van der Waals surface area (Å²) < 4.78 is 2.38. The Morgan fingerprint density at radius 3 is 1.98 bits per heavy atom. The second kappa shape index (κ2) is 13.4. The first-order chi connectivity index (χ1) is 19.7. The standard InChI is InChI=1S/C38H42N2/c1-4-16-29(3)35-27-34(32-20-11-7-12-21-32)28-36(31(5-2)24-15-19-30-17-9-6-10-18-30)37(35)40-26-25-39-38(40)33-22-13-8-14-23-33/h6-14,17-18,20-23,25-29,31H,4-5,15-16,19,24H2,1-3H3. The van der Waals surface area contributed by atoms with E-state index in [0.717, 1.165) is 43.5 Å². The normalized spacial score (nSPS) is 12.8. The smallest absolute Gasteiger partial charge is 0.144 e. The minimum atomic E-state index is 0.440. The van der Waals surface area contributed by atoms with Crippen molar-refractivity contribution in [2.24, 2.45) is 0 Å². The molecule has 0 spiro atoms. The SMILES string of the molecule is CCCC(C)c1cc(-c2ccccc2)cc(C(CC)CCCc2ccccc2)c1-n1ccnc1-c1ccccc1. The van der Waals surface area contributed by atoms with E-state index in [1.165, 1.54) is 39.9 Å². The van der Waals surface area contributed by atoms with Crippen molar-refractivity contribution >= 4 is 0 Å². The van der Waals surface area contributed by atoms with Gasteiger partial charge < -0.3 is 0 Å². The molecule has 0 saturated carbocycles. The van der Waals surface area contributed by atoms with Gasteiger partial charge in [0.1, 0.15) is 5.82 Å². The van der Waals surface area contributed by atoms with E-state index >= 15 is 0 Å². The van der Waals surface area contributed by atoms with Gasteiger partial charge in [-0.1, -0.05) is 118 Å². The van der Waals surface area contributed by atoms with E-state index in [0.29, 0.717) is 11.8 Å². The number of imidazole rings is 1. The molecule has 2 unspecified atom stereocenters. The molecule has 40 heavy (non-hydrogen) atoms. The van der Waals surface area contributed by atoms with Gasteiger partial charge in [0.05, 0.1) is 5.69 Å². The van der Waals surface area contributed by atoms with Crippen molar-refractivity contribution in [2.75, 3.05) is 0 Å². The summed E-state index contributed by atoms with van der Waals surface area (Å²) >= 11 is 0. The summed E-state index contributed by atoms with van der Waals surface area (Å²) in [4.78, 5) is 4.88. The highest BCUT2D eigenvalue weighted by Gasteiger charge is 2.24. The topological polar surface area (TPSA) is 17.8 Å². The van der Waals surface area contributed by atoms with Gasteiger partial charge in [-0.3, -0.25) is 4.57 Å². The van der Waals surface area contributed by atoms with Crippen molar-refractivity contribution < 1.29 is 0 Å². The molecule has 4 aromatic carbocycles. The van der Waals surface area contributed by atoms with Crippen LogP contribution < -0.4 is 0 Å². The van der Waals surface area contributed by atoms with Crippen molar-refractivity contribution in [3.63, 3.8) is 0 Å². The molecule has 0 fully saturated rings. The molecule has 0 aliphatic heterocycles. The van der Waals surface area contributed by atoms with E-state index in [2.05, 4.69) is 135 Å². The molecule has 0 N–H and O–H groups in total. The van der Waals surface area contributed by atoms with Crippen molar-refractivity contribution in [1.82, 2.24) is 9.55 Å². The minimum absolute atomic E-state index is 0.440. The van der Waals surface area contributed by atoms with E-state index < -0.39 is 0 Å². The van der Waals surface area contributed by atoms with Crippen LogP contribution in [0.3, 0.4) is 0 Å². The second-order valence-corrected chi connectivity index (χ2v) is 11.0. The lowest BCUT2D eigenvalue weighted by molar-refractivity contribution is 0.571. The van der Waals surface area contributed by atoms with Gasteiger partial charge in [0.15, 0.2) is 0 Å². The first kappa shape index (κ1) is 27.6. The fraction of sp³-hybridized carbons (Fsp3) is 0.289. The molecule has 1 heterocycles. The molecule has 0 aliphatic rings. The molecule has 2 atom stereocenters. The Balaban J connectivity index is 1.66. The van der Waals surface area contributed by atoms with Crippen LogP contribution in [-0.2, 0) is 6.42 Å². The van der Waals surface area contributed by atoms with Crippen LogP contribution in [0, 0.1) is 0 Å². The molecule has 1 aromatic heterocycles. The Kier molecular flexibility index (Phi) is 9.29. The van der Waals surface area contributed by atoms with E-state index in [1.807, 2.05) is 6.20 Å². The van der Waals surface area contributed by atoms with Crippen molar-refractivity contribution in [3.8, 4) is 28.2 Å². The van der Waals surface area contributed by atoms with Crippen molar-refractivity contribution in [2.45, 2.75) is 71.1 Å². The summed E-state index contributed by atoms with van der Waals surface area (Å²) in [6, 6.07) is 37.4. The Morgan fingerprint density at radius 1 is 0.700 bits per heavy atom. The fourth-order valence-corrected chi connectivity index (χ4v) is 6.09. The third-order valence-corrected chi connectivity index (χ3v) is 8.24. The van der Waals surface area contributed by atoms with Gasteiger partial charge in [-0.25, -0.2) is 4.98 Å². The van der Waals surface area contributed by atoms with Gasteiger partial charge >= 0.3 is 0 Å². The zero-order valence-electron chi connectivity index (χ0n) is 24.3. The Labute approximate surface area is 240 Å². The predicted molar refractivity (Wildman–Crippen MR) is 170 cm³/mol. The van der Waals surface area contributed by atoms with Crippen LogP contribution in [0.2, 0.25) is 0 Å². The molecule has 5 aromatic rings. The Bertz CT molecular complexity index is 1470. The van der Waals surface area contributed by atoms with Crippen molar-refractivity contribution in [1.29, 1.82) is 0 Å². The molecule has 5 rings (SSSR count). The van der Waals surface area contributed by atoms with Crippen LogP contribution in [0.1, 0.15) is 81.4 Å². The summed E-state index contributed by atoms with van der Waals surface area (Å²) in [5, 5.41) is 0. The zero-order chi connectivity index (χ0) is 27.7. The predicted octanol–water partition coefficient (Wildman–Crippen LogP) is 10.6. The number of aryl methyl sites for hydroxylation is 1. The van der Waals surface area contributed by atoms with Crippen LogP contribution in [0.15, 0.2) is 116 Å². The van der Waals surface area contributed by atoms with Crippen LogP contribution in [0.5, 0.6) is 0 Å². The number of hydrogen-bond acceptors (Lipinski definition) is 1. The maximum Gasteiger partial charge on any atom is 0.144 e. The van der Waals surface area contributed by atoms with E-state index in [-0.39, 0.29) is 0 Å². The molecule has 0 amide bonds. The average molecular weight is 527 g/mol. The highest BCUT2D eigenvalue weighted by atomic mass is 15.1. The van der Waals surface area contributed by atoms with E-state index in [9.17, 15) is 0 Å². The second-order valence-electron chi connectivity index (χ2n) is 11.0. The van der Waals surface area contributed by atoms with Gasteiger partial charge in [0.25, 0.3) is 0 Å². The highest BCUT2D eigenvalue weighted by molar-refractivity contribution is 5.71. The first-order valence-electron chi connectivity index (χ1n) is 15.1. The molecule has 204 valence electrons. The molecular weight excluding hydrogens is 484 g/mol.